The van der Waals surface area contributed by atoms with E-state index in [4.69, 9.17) is 0 Å². The van der Waals surface area contributed by atoms with E-state index in [1.54, 1.807) is 19.0 Å². The van der Waals surface area contributed by atoms with Crippen LogP contribution in [0.3, 0.4) is 0 Å². The van der Waals surface area contributed by atoms with Crippen molar-refractivity contribution in [1.82, 2.24) is 15.5 Å². The molecule has 2 amide bonds. The van der Waals surface area contributed by atoms with Crippen molar-refractivity contribution in [1.29, 1.82) is 0 Å². The minimum atomic E-state index is -0.287. The molecule has 1 unspecified atom stereocenters. The van der Waals surface area contributed by atoms with Crippen LogP contribution in [0.4, 0.5) is 0 Å². The van der Waals surface area contributed by atoms with Gasteiger partial charge >= 0.3 is 0 Å². The summed E-state index contributed by atoms with van der Waals surface area (Å²) in [6.45, 7) is 0.441. The van der Waals surface area contributed by atoms with E-state index < -0.39 is 0 Å². The fourth-order valence-electron chi connectivity index (χ4n) is 1.54. The Kier molecular flexibility index (Phi) is 3.25. The standard InChI is InChI=1S/C8H15N3O2/c1-9-5-11-6(8(13)10-2)3-4-7(11)12/h6,9H,3-5H2,1-2H3,(H,10,13). The molecule has 1 atom stereocenters. The molecule has 0 aromatic carbocycles. The second-order valence-electron chi connectivity index (χ2n) is 3.04. The van der Waals surface area contributed by atoms with Crippen molar-refractivity contribution in [2.75, 3.05) is 20.8 Å². The number of rotatable bonds is 3. The minimum absolute atomic E-state index is 0.0444. The van der Waals surface area contributed by atoms with E-state index >= 15 is 0 Å². The summed E-state index contributed by atoms with van der Waals surface area (Å²) in [7, 11) is 3.34. The molecule has 0 aromatic heterocycles. The Balaban J connectivity index is 2.63. The van der Waals surface area contributed by atoms with Crippen LogP contribution in [0.15, 0.2) is 0 Å². The molecule has 0 spiro atoms. The summed E-state index contributed by atoms with van der Waals surface area (Å²) in [5.41, 5.74) is 0. The maximum atomic E-state index is 11.3. The first-order valence-electron chi connectivity index (χ1n) is 4.36. The second kappa shape index (κ2) is 4.23. The zero-order valence-electron chi connectivity index (χ0n) is 7.96. The van der Waals surface area contributed by atoms with E-state index in [0.29, 0.717) is 19.5 Å². The van der Waals surface area contributed by atoms with E-state index in [0.717, 1.165) is 0 Å². The number of nitrogens with one attached hydrogen (secondary N) is 2. The lowest BCUT2D eigenvalue weighted by Gasteiger charge is -2.22. The second-order valence-corrected chi connectivity index (χ2v) is 3.04. The molecule has 1 saturated heterocycles. The Morgan fingerprint density at radius 3 is 2.85 bits per heavy atom. The van der Waals surface area contributed by atoms with Crippen LogP contribution in [0.25, 0.3) is 0 Å². The van der Waals surface area contributed by atoms with Crippen LogP contribution in [0.2, 0.25) is 0 Å². The zero-order chi connectivity index (χ0) is 9.84. The molecule has 1 fully saturated rings. The topological polar surface area (TPSA) is 61.4 Å². The molecule has 0 radical (unpaired) electrons. The molecule has 5 nitrogen and oxygen atoms in total. The van der Waals surface area contributed by atoms with Crippen molar-refractivity contribution in [2.24, 2.45) is 0 Å². The maximum Gasteiger partial charge on any atom is 0.242 e. The fraction of sp³-hybridized carbons (Fsp3) is 0.750. The molecule has 0 saturated carbocycles. The third kappa shape index (κ3) is 1.98. The average molecular weight is 185 g/mol. The Morgan fingerprint density at radius 2 is 2.31 bits per heavy atom. The van der Waals surface area contributed by atoms with Gasteiger partial charge in [0.2, 0.25) is 11.8 Å². The highest BCUT2D eigenvalue weighted by Gasteiger charge is 2.34. The van der Waals surface area contributed by atoms with Gasteiger partial charge in [0.05, 0.1) is 6.67 Å². The van der Waals surface area contributed by atoms with E-state index in [-0.39, 0.29) is 17.9 Å². The largest absolute Gasteiger partial charge is 0.357 e. The van der Waals surface area contributed by atoms with Gasteiger partial charge in [-0.3, -0.25) is 9.59 Å². The van der Waals surface area contributed by atoms with Crippen LogP contribution >= 0.6 is 0 Å². The van der Waals surface area contributed by atoms with Gasteiger partial charge in [0.1, 0.15) is 6.04 Å². The molecule has 13 heavy (non-hydrogen) atoms. The van der Waals surface area contributed by atoms with Crippen molar-refractivity contribution >= 4 is 11.8 Å². The van der Waals surface area contributed by atoms with Crippen molar-refractivity contribution in [3.8, 4) is 0 Å². The van der Waals surface area contributed by atoms with E-state index in [2.05, 4.69) is 10.6 Å². The number of amides is 2. The summed E-state index contributed by atoms with van der Waals surface area (Å²) in [6.07, 6.45) is 1.10. The molecule has 0 aliphatic carbocycles. The van der Waals surface area contributed by atoms with E-state index in [9.17, 15) is 9.59 Å². The molecule has 1 aliphatic heterocycles. The summed E-state index contributed by atoms with van der Waals surface area (Å²) in [5, 5.41) is 5.43. The smallest absolute Gasteiger partial charge is 0.242 e. The number of hydrogen-bond donors (Lipinski definition) is 2. The van der Waals surface area contributed by atoms with Gasteiger partial charge in [0.15, 0.2) is 0 Å². The van der Waals surface area contributed by atoms with E-state index in [1.165, 1.54) is 0 Å². The Labute approximate surface area is 77.5 Å². The van der Waals surface area contributed by atoms with Crippen LogP contribution in [0.5, 0.6) is 0 Å². The van der Waals surface area contributed by atoms with Crippen molar-refractivity contribution in [3.63, 3.8) is 0 Å². The first kappa shape index (κ1) is 9.98. The highest BCUT2D eigenvalue weighted by atomic mass is 16.2. The molecular weight excluding hydrogens is 170 g/mol. The third-order valence-corrected chi connectivity index (χ3v) is 2.21. The van der Waals surface area contributed by atoms with Crippen LogP contribution in [0, 0.1) is 0 Å². The number of hydrogen-bond acceptors (Lipinski definition) is 3. The SMILES string of the molecule is CNCN1C(=O)CCC1C(=O)NC. The van der Waals surface area contributed by atoms with Crippen LogP contribution in [-0.4, -0.2) is 43.5 Å². The lowest BCUT2D eigenvalue weighted by atomic mass is 10.2. The summed E-state index contributed by atoms with van der Waals surface area (Å²) in [5.74, 6) is -0.0379. The van der Waals surface area contributed by atoms with Gasteiger partial charge in [-0.15, -0.1) is 0 Å². The quantitative estimate of drug-likeness (QED) is 0.586. The lowest BCUT2D eigenvalue weighted by molar-refractivity contribution is -0.135. The molecular formula is C8H15N3O2. The first-order valence-corrected chi connectivity index (χ1v) is 4.36. The Bertz CT molecular complexity index is 217. The Hall–Kier alpha value is -1.10. The van der Waals surface area contributed by atoms with Crippen LogP contribution < -0.4 is 10.6 Å². The summed E-state index contributed by atoms with van der Waals surface area (Å²) >= 11 is 0. The monoisotopic (exact) mass is 185 g/mol. The van der Waals surface area contributed by atoms with Crippen molar-refractivity contribution < 1.29 is 9.59 Å². The summed E-state index contributed by atoms with van der Waals surface area (Å²) < 4.78 is 0. The normalized spacial score (nSPS) is 22.2. The van der Waals surface area contributed by atoms with Gasteiger partial charge in [-0.2, -0.15) is 0 Å². The molecule has 2 N–H and O–H groups in total. The van der Waals surface area contributed by atoms with Crippen LogP contribution in [0.1, 0.15) is 12.8 Å². The molecule has 74 valence electrons. The maximum absolute atomic E-state index is 11.3. The minimum Gasteiger partial charge on any atom is -0.357 e. The van der Waals surface area contributed by atoms with Crippen molar-refractivity contribution in [3.05, 3.63) is 0 Å². The summed E-state index contributed by atoms with van der Waals surface area (Å²) in [4.78, 5) is 24.2. The van der Waals surface area contributed by atoms with Gasteiger partial charge in [0.25, 0.3) is 0 Å². The van der Waals surface area contributed by atoms with Crippen molar-refractivity contribution in [2.45, 2.75) is 18.9 Å². The van der Waals surface area contributed by atoms with Gasteiger partial charge in [-0.05, 0) is 13.5 Å². The highest BCUT2D eigenvalue weighted by Crippen LogP contribution is 2.17. The van der Waals surface area contributed by atoms with Gasteiger partial charge in [-0.25, -0.2) is 0 Å². The predicted octanol–water partition coefficient (Wildman–Crippen LogP) is -1.10. The number of carbonyl (C=O) groups is 2. The number of likely N-dealkylation sites (tertiary alicyclic amines) is 1. The third-order valence-electron chi connectivity index (χ3n) is 2.21. The average Bonchev–Trinajstić information content (AvgIpc) is 2.48. The Morgan fingerprint density at radius 1 is 1.62 bits per heavy atom. The molecule has 0 bridgehead atoms. The van der Waals surface area contributed by atoms with Gasteiger partial charge in [-0.1, -0.05) is 0 Å². The molecule has 0 aromatic rings. The molecule has 5 heteroatoms. The zero-order valence-corrected chi connectivity index (χ0v) is 7.96. The first-order chi connectivity index (χ1) is 6.20. The van der Waals surface area contributed by atoms with Crippen LogP contribution in [-0.2, 0) is 9.59 Å². The van der Waals surface area contributed by atoms with Gasteiger partial charge < -0.3 is 15.5 Å². The highest BCUT2D eigenvalue weighted by molar-refractivity contribution is 5.90. The number of likely N-dealkylation sites (N-methyl/N-ethyl adjacent to an activating group) is 1. The molecule has 1 aliphatic rings. The van der Waals surface area contributed by atoms with Gasteiger partial charge in [0, 0.05) is 13.5 Å². The molecule has 1 heterocycles. The number of carbonyl (C=O) groups excluding carboxylic acids is 2. The fourth-order valence-corrected chi connectivity index (χ4v) is 1.54. The predicted molar refractivity (Wildman–Crippen MR) is 47.9 cm³/mol. The number of nitrogens with zero attached hydrogens (tertiary/aromatic N) is 1. The van der Waals surface area contributed by atoms with E-state index in [1.807, 2.05) is 0 Å². The summed E-state index contributed by atoms with van der Waals surface area (Å²) in [6, 6.07) is -0.287. The lowest BCUT2D eigenvalue weighted by Crippen LogP contribution is -2.46. The molecule has 1 rings (SSSR count).